The van der Waals surface area contributed by atoms with E-state index >= 15 is 0 Å². The van der Waals surface area contributed by atoms with Crippen LogP contribution >= 0.6 is 11.6 Å². The van der Waals surface area contributed by atoms with Crippen molar-refractivity contribution in [1.82, 2.24) is 19.6 Å². The molecule has 2 heterocycles. The topological polar surface area (TPSA) is 108 Å². The van der Waals surface area contributed by atoms with E-state index in [0.717, 1.165) is 16.3 Å². The zero-order valence-electron chi connectivity index (χ0n) is 15.9. The van der Waals surface area contributed by atoms with Crippen molar-refractivity contribution in [3.8, 4) is 0 Å². The molecule has 0 bridgehead atoms. The van der Waals surface area contributed by atoms with Crippen molar-refractivity contribution in [2.45, 2.75) is 20.0 Å². The minimum Gasteiger partial charge on any atom is -0.358 e. The van der Waals surface area contributed by atoms with Crippen LogP contribution in [0.25, 0.3) is 10.8 Å². The first-order chi connectivity index (χ1) is 14.4. The molecule has 152 valence electrons. The van der Waals surface area contributed by atoms with Gasteiger partial charge in [0.1, 0.15) is 6.54 Å². The predicted octanol–water partition coefficient (Wildman–Crippen LogP) is 3.79. The van der Waals surface area contributed by atoms with Crippen LogP contribution in [0.3, 0.4) is 0 Å². The molecule has 30 heavy (non-hydrogen) atoms. The monoisotopic (exact) mass is 424 g/mol. The molecule has 1 amide bonds. The smallest absolute Gasteiger partial charge is 0.358 e. The van der Waals surface area contributed by atoms with E-state index in [-0.39, 0.29) is 11.6 Å². The summed E-state index contributed by atoms with van der Waals surface area (Å²) in [7, 11) is 0. The van der Waals surface area contributed by atoms with Crippen LogP contribution in [0.5, 0.6) is 0 Å². The summed E-state index contributed by atoms with van der Waals surface area (Å²) in [5, 5.41) is 24.0. The van der Waals surface area contributed by atoms with Gasteiger partial charge >= 0.3 is 5.82 Å². The van der Waals surface area contributed by atoms with Crippen LogP contribution in [0.2, 0.25) is 5.02 Å². The van der Waals surface area contributed by atoms with Gasteiger partial charge in [-0.1, -0.05) is 54.1 Å². The van der Waals surface area contributed by atoms with Gasteiger partial charge in [0, 0.05) is 12.3 Å². The van der Waals surface area contributed by atoms with E-state index in [4.69, 9.17) is 11.6 Å². The summed E-state index contributed by atoms with van der Waals surface area (Å²) >= 11 is 5.90. The van der Waals surface area contributed by atoms with Crippen LogP contribution in [-0.2, 0) is 17.9 Å². The van der Waals surface area contributed by atoms with Crippen LogP contribution in [0.4, 0.5) is 11.6 Å². The number of carbonyl (C=O) groups excluding carboxylic acids is 1. The molecule has 0 unspecified atom stereocenters. The van der Waals surface area contributed by atoms with Crippen molar-refractivity contribution in [2.75, 3.05) is 5.32 Å². The molecule has 0 saturated heterocycles. The van der Waals surface area contributed by atoms with E-state index in [1.54, 1.807) is 23.9 Å². The molecule has 0 spiro atoms. The second kappa shape index (κ2) is 7.96. The third kappa shape index (κ3) is 3.87. The molecule has 1 N–H and O–H groups in total. The number of fused-ring (bicyclic) bond motifs is 1. The van der Waals surface area contributed by atoms with Gasteiger partial charge in [0.05, 0.1) is 17.3 Å². The number of anilines is 1. The van der Waals surface area contributed by atoms with Gasteiger partial charge in [0.15, 0.2) is 10.8 Å². The third-order valence-electron chi connectivity index (χ3n) is 4.70. The average Bonchev–Trinajstić information content (AvgIpc) is 3.27. The SMILES string of the molecule is Cc1c(Cl)c([N+](=O)[O-])nn1CC(=O)Nc1ccn(Cc2cccc3ccccc23)n1. The van der Waals surface area contributed by atoms with Gasteiger partial charge < -0.3 is 15.4 Å². The molecule has 0 aliphatic rings. The summed E-state index contributed by atoms with van der Waals surface area (Å²) in [6, 6.07) is 15.9. The number of carbonyl (C=O) groups is 1. The van der Waals surface area contributed by atoms with Gasteiger partial charge in [0.25, 0.3) is 0 Å². The summed E-state index contributed by atoms with van der Waals surface area (Å²) < 4.78 is 2.93. The van der Waals surface area contributed by atoms with Gasteiger partial charge in [-0.05, 0) is 28.2 Å². The van der Waals surface area contributed by atoms with E-state index in [2.05, 4.69) is 33.7 Å². The maximum atomic E-state index is 12.3. The van der Waals surface area contributed by atoms with Crippen LogP contribution in [-0.4, -0.2) is 30.4 Å². The quantitative estimate of drug-likeness (QED) is 0.374. The molecule has 9 nitrogen and oxygen atoms in total. The average molecular weight is 425 g/mol. The minimum absolute atomic E-state index is 0.0767. The van der Waals surface area contributed by atoms with E-state index in [1.165, 1.54) is 4.68 Å². The summed E-state index contributed by atoms with van der Waals surface area (Å²) in [6.07, 6.45) is 1.78. The first-order valence-corrected chi connectivity index (χ1v) is 9.47. The number of nitrogens with zero attached hydrogens (tertiary/aromatic N) is 5. The van der Waals surface area contributed by atoms with Crippen LogP contribution < -0.4 is 5.32 Å². The number of rotatable bonds is 6. The van der Waals surface area contributed by atoms with E-state index in [9.17, 15) is 14.9 Å². The lowest BCUT2D eigenvalue weighted by molar-refractivity contribution is -0.389. The van der Waals surface area contributed by atoms with Gasteiger partial charge in [-0.15, -0.1) is 0 Å². The van der Waals surface area contributed by atoms with Crippen molar-refractivity contribution in [2.24, 2.45) is 0 Å². The summed E-state index contributed by atoms with van der Waals surface area (Å²) in [6.45, 7) is 1.90. The van der Waals surface area contributed by atoms with E-state index in [0.29, 0.717) is 18.1 Å². The fraction of sp³-hybridized carbons (Fsp3) is 0.150. The molecular weight excluding hydrogens is 408 g/mol. The minimum atomic E-state index is -0.682. The molecule has 2 aromatic heterocycles. The lowest BCUT2D eigenvalue weighted by atomic mass is 10.0. The number of hydrogen-bond donors (Lipinski definition) is 1. The normalized spacial score (nSPS) is 11.0. The fourth-order valence-electron chi connectivity index (χ4n) is 3.22. The zero-order valence-corrected chi connectivity index (χ0v) is 16.7. The van der Waals surface area contributed by atoms with Crippen molar-refractivity contribution >= 4 is 39.9 Å². The Morgan fingerprint density at radius 1 is 1.17 bits per heavy atom. The molecule has 0 aliphatic carbocycles. The molecule has 0 radical (unpaired) electrons. The number of halogens is 1. The molecule has 10 heteroatoms. The third-order valence-corrected chi connectivity index (χ3v) is 5.15. The van der Waals surface area contributed by atoms with Crippen molar-refractivity contribution in [3.05, 3.63) is 81.1 Å². The molecule has 0 atom stereocenters. The Morgan fingerprint density at radius 2 is 1.93 bits per heavy atom. The Bertz CT molecular complexity index is 1260. The highest BCUT2D eigenvalue weighted by molar-refractivity contribution is 6.33. The van der Waals surface area contributed by atoms with Crippen molar-refractivity contribution in [3.63, 3.8) is 0 Å². The van der Waals surface area contributed by atoms with E-state index < -0.39 is 16.6 Å². The van der Waals surface area contributed by atoms with Gasteiger partial charge in [-0.2, -0.15) is 9.78 Å². The molecule has 0 aliphatic heterocycles. The first-order valence-electron chi connectivity index (χ1n) is 9.09. The highest BCUT2D eigenvalue weighted by Gasteiger charge is 2.25. The Kier molecular flexibility index (Phi) is 5.20. The largest absolute Gasteiger partial charge is 0.408 e. The number of hydrogen-bond acceptors (Lipinski definition) is 5. The molecule has 0 saturated carbocycles. The molecule has 2 aromatic carbocycles. The van der Waals surface area contributed by atoms with Crippen molar-refractivity contribution in [1.29, 1.82) is 0 Å². The summed E-state index contributed by atoms with van der Waals surface area (Å²) in [5.74, 6) is -0.505. The summed E-state index contributed by atoms with van der Waals surface area (Å²) in [5.41, 5.74) is 1.46. The van der Waals surface area contributed by atoms with Crippen LogP contribution in [0, 0.1) is 17.0 Å². The zero-order chi connectivity index (χ0) is 21.3. The number of benzene rings is 2. The van der Waals surface area contributed by atoms with Crippen LogP contribution in [0.1, 0.15) is 11.3 Å². The van der Waals surface area contributed by atoms with E-state index in [1.807, 2.05) is 24.3 Å². The molecule has 4 rings (SSSR count). The lowest BCUT2D eigenvalue weighted by Gasteiger charge is -2.07. The number of aromatic nitrogens is 4. The summed E-state index contributed by atoms with van der Waals surface area (Å²) in [4.78, 5) is 22.6. The second-order valence-corrected chi connectivity index (χ2v) is 7.10. The predicted molar refractivity (Wildman–Crippen MR) is 113 cm³/mol. The maximum absolute atomic E-state index is 12.3. The number of amides is 1. The van der Waals surface area contributed by atoms with Crippen LogP contribution in [0.15, 0.2) is 54.7 Å². The standard InChI is InChI=1S/C20H17ClN6O3/c1-13-19(21)20(27(29)30)24-26(13)12-18(28)22-17-9-10-25(23-17)11-15-7-4-6-14-5-2-3-8-16(14)15/h2-10H,11-12H2,1H3,(H,22,23,28). The molecule has 4 aromatic rings. The Hall–Kier alpha value is -3.72. The van der Waals surface area contributed by atoms with Gasteiger partial charge in [-0.25, -0.2) is 0 Å². The lowest BCUT2D eigenvalue weighted by Crippen LogP contribution is -2.20. The Labute approximate surface area is 176 Å². The molecular formula is C20H17ClN6O3. The molecule has 0 fully saturated rings. The maximum Gasteiger partial charge on any atom is 0.408 e. The number of nitro groups is 1. The highest BCUT2D eigenvalue weighted by atomic mass is 35.5. The second-order valence-electron chi connectivity index (χ2n) is 6.72. The Morgan fingerprint density at radius 3 is 2.70 bits per heavy atom. The fourth-order valence-corrected chi connectivity index (χ4v) is 3.42. The first kappa shape index (κ1) is 19.6. The number of nitrogens with one attached hydrogen (secondary N) is 1. The highest BCUT2D eigenvalue weighted by Crippen LogP contribution is 2.26. The van der Waals surface area contributed by atoms with Gasteiger partial charge in [-0.3, -0.25) is 9.48 Å². The van der Waals surface area contributed by atoms with Gasteiger partial charge in [0.2, 0.25) is 5.91 Å². The Balaban J connectivity index is 1.45. The van der Waals surface area contributed by atoms with Crippen molar-refractivity contribution < 1.29 is 9.72 Å².